The third-order valence-corrected chi connectivity index (χ3v) is 2.62. The second kappa shape index (κ2) is 5.73. The monoisotopic (exact) mass is 311 g/mol. The minimum absolute atomic E-state index is 0.360. The summed E-state index contributed by atoms with van der Waals surface area (Å²) in [5.41, 5.74) is 5.92. The molecule has 0 unspecified atom stereocenters. The fourth-order valence-corrected chi connectivity index (χ4v) is 1.83. The van der Waals surface area contributed by atoms with Crippen LogP contribution in [0.15, 0.2) is 22.7 Å². The van der Waals surface area contributed by atoms with Gasteiger partial charge in [0.1, 0.15) is 5.75 Å². The van der Waals surface area contributed by atoms with Crippen LogP contribution < -0.4 is 10.5 Å². The van der Waals surface area contributed by atoms with E-state index in [2.05, 4.69) is 15.9 Å². The summed E-state index contributed by atoms with van der Waals surface area (Å²) in [4.78, 5) is 0. The third-order valence-electron chi connectivity index (χ3n) is 2.12. The van der Waals surface area contributed by atoms with Gasteiger partial charge in [-0.1, -0.05) is 15.9 Å². The maximum Gasteiger partial charge on any atom is 0.390 e. The number of halogens is 4. The maximum absolute atomic E-state index is 12.3. The van der Waals surface area contributed by atoms with Gasteiger partial charge in [0.25, 0.3) is 0 Å². The van der Waals surface area contributed by atoms with Crippen LogP contribution in [0.5, 0.6) is 5.75 Å². The van der Waals surface area contributed by atoms with E-state index in [0.29, 0.717) is 22.4 Å². The van der Waals surface area contributed by atoms with E-state index in [1.807, 2.05) is 0 Å². The molecule has 0 heterocycles. The van der Waals surface area contributed by atoms with Crippen molar-refractivity contribution >= 4 is 15.9 Å². The summed E-state index contributed by atoms with van der Waals surface area (Å²) in [5.74, 6) is 0.396. The average molecular weight is 312 g/mol. The molecule has 2 nitrogen and oxygen atoms in total. The van der Waals surface area contributed by atoms with Crippen LogP contribution in [0.25, 0.3) is 0 Å². The highest BCUT2D eigenvalue weighted by Crippen LogP contribution is 2.34. The van der Waals surface area contributed by atoms with Crippen molar-refractivity contribution in [3.8, 4) is 5.75 Å². The first-order valence-corrected chi connectivity index (χ1v) is 5.87. The van der Waals surface area contributed by atoms with Gasteiger partial charge in [-0.05, 0) is 25.1 Å². The summed E-state index contributed by atoms with van der Waals surface area (Å²) in [6, 6.07) is 3.75. The van der Waals surface area contributed by atoms with Gasteiger partial charge in [-0.2, -0.15) is 13.2 Å². The Kier molecular flexibility index (Phi) is 4.82. The van der Waals surface area contributed by atoms with Crippen molar-refractivity contribution in [1.82, 2.24) is 0 Å². The molecule has 0 spiro atoms. The molecule has 0 saturated heterocycles. The van der Waals surface area contributed by atoms with Crippen LogP contribution in [-0.4, -0.2) is 12.8 Å². The molecule has 1 aromatic rings. The molecule has 0 amide bonds. The van der Waals surface area contributed by atoms with Crippen LogP contribution in [0.3, 0.4) is 0 Å². The van der Waals surface area contributed by atoms with Crippen molar-refractivity contribution < 1.29 is 17.9 Å². The topological polar surface area (TPSA) is 35.2 Å². The highest BCUT2D eigenvalue weighted by atomic mass is 79.9. The number of ether oxygens (including phenoxy) is 1. The summed E-state index contributed by atoms with van der Waals surface area (Å²) in [7, 11) is 0. The zero-order chi connectivity index (χ0) is 13.1. The molecule has 0 radical (unpaired) electrons. The minimum atomic E-state index is -4.29. The predicted molar refractivity (Wildman–Crippen MR) is 62.9 cm³/mol. The van der Waals surface area contributed by atoms with Gasteiger partial charge in [0.05, 0.1) is 13.0 Å². The van der Waals surface area contributed by atoms with E-state index in [4.69, 9.17) is 10.5 Å². The lowest BCUT2D eigenvalue weighted by Gasteiger charge is -2.18. The van der Waals surface area contributed by atoms with Gasteiger partial charge in [0.2, 0.25) is 0 Å². The van der Waals surface area contributed by atoms with Crippen LogP contribution in [0.2, 0.25) is 0 Å². The number of alkyl halides is 3. The molecule has 17 heavy (non-hydrogen) atoms. The summed E-state index contributed by atoms with van der Waals surface area (Å²) < 4.78 is 42.8. The molecule has 0 aromatic heterocycles. The quantitative estimate of drug-likeness (QED) is 0.918. The number of benzene rings is 1. The Morgan fingerprint density at radius 1 is 1.41 bits per heavy atom. The van der Waals surface area contributed by atoms with Crippen LogP contribution >= 0.6 is 15.9 Å². The van der Waals surface area contributed by atoms with Gasteiger partial charge in [-0.3, -0.25) is 0 Å². The van der Waals surface area contributed by atoms with E-state index in [1.54, 1.807) is 25.1 Å². The number of hydrogen-bond acceptors (Lipinski definition) is 2. The smallest absolute Gasteiger partial charge is 0.390 e. The first-order valence-electron chi connectivity index (χ1n) is 5.08. The van der Waals surface area contributed by atoms with Crippen molar-refractivity contribution in [2.75, 3.05) is 6.61 Å². The highest BCUT2D eigenvalue weighted by molar-refractivity contribution is 9.10. The van der Waals surface area contributed by atoms with E-state index >= 15 is 0 Å². The first-order chi connectivity index (χ1) is 7.83. The summed E-state index contributed by atoms with van der Waals surface area (Å²) in [6.45, 7) is 2.15. The molecule has 0 saturated carbocycles. The molecule has 0 aliphatic heterocycles. The molecule has 2 N–H and O–H groups in total. The summed E-state index contributed by atoms with van der Waals surface area (Å²) >= 11 is 3.20. The lowest BCUT2D eigenvalue weighted by atomic mass is 10.0. The molecule has 0 aliphatic rings. The Morgan fingerprint density at radius 3 is 2.59 bits per heavy atom. The minimum Gasteiger partial charge on any atom is -0.494 e. The van der Waals surface area contributed by atoms with Crippen molar-refractivity contribution in [1.29, 1.82) is 0 Å². The molecule has 6 heteroatoms. The molecule has 0 aliphatic carbocycles. The number of hydrogen-bond donors (Lipinski definition) is 1. The number of rotatable bonds is 4. The zero-order valence-corrected chi connectivity index (χ0v) is 10.8. The standard InChI is InChI=1S/C11H13BrF3NO/c1-2-17-10-4-3-7(12)5-8(10)9(16)6-11(13,14)15/h3-5,9H,2,6,16H2,1H3/t9-/m0/s1. The maximum atomic E-state index is 12.3. The molecular formula is C11H13BrF3NO. The fourth-order valence-electron chi connectivity index (χ4n) is 1.46. The van der Waals surface area contributed by atoms with Crippen LogP contribution in [0.1, 0.15) is 24.9 Å². The van der Waals surface area contributed by atoms with E-state index in [-0.39, 0.29) is 0 Å². The molecule has 1 rings (SSSR count). The Labute approximate surface area is 106 Å². The van der Waals surface area contributed by atoms with Crippen molar-refractivity contribution in [3.63, 3.8) is 0 Å². The lowest BCUT2D eigenvalue weighted by molar-refractivity contribution is -0.138. The van der Waals surface area contributed by atoms with Gasteiger partial charge in [-0.25, -0.2) is 0 Å². The molecule has 1 atom stereocenters. The fraction of sp³-hybridized carbons (Fsp3) is 0.455. The normalized spacial score (nSPS) is 13.5. The number of nitrogens with two attached hydrogens (primary N) is 1. The molecule has 0 bridgehead atoms. The van der Waals surface area contributed by atoms with Crippen LogP contribution in [0.4, 0.5) is 13.2 Å². The van der Waals surface area contributed by atoms with Gasteiger partial charge < -0.3 is 10.5 Å². The average Bonchev–Trinajstić information content (AvgIpc) is 2.18. The molecular weight excluding hydrogens is 299 g/mol. The lowest BCUT2D eigenvalue weighted by Crippen LogP contribution is -2.21. The van der Waals surface area contributed by atoms with E-state index < -0.39 is 18.6 Å². The Bertz CT molecular complexity index is 381. The summed E-state index contributed by atoms with van der Waals surface area (Å²) in [5, 5.41) is 0. The second-order valence-electron chi connectivity index (χ2n) is 3.54. The van der Waals surface area contributed by atoms with Gasteiger partial charge in [-0.15, -0.1) is 0 Å². The largest absolute Gasteiger partial charge is 0.494 e. The Morgan fingerprint density at radius 2 is 2.06 bits per heavy atom. The van der Waals surface area contributed by atoms with Crippen molar-refractivity contribution in [2.45, 2.75) is 25.6 Å². The van der Waals surface area contributed by atoms with E-state index in [1.165, 1.54) is 0 Å². The molecule has 0 fully saturated rings. The summed E-state index contributed by atoms with van der Waals surface area (Å²) in [6.07, 6.45) is -5.35. The second-order valence-corrected chi connectivity index (χ2v) is 4.46. The van der Waals surface area contributed by atoms with Crippen molar-refractivity contribution in [2.24, 2.45) is 5.73 Å². The van der Waals surface area contributed by atoms with Crippen LogP contribution in [-0.2, 0) is 0 Å². The molecule has 1 aromatic carbocycles. The van der Waals surface area contributed by atoms with Gasteiger partial charge in [0, 0.05) is 16.1 Å². The van der Waals surface area contributed by atoms with Crippen molar-refractivity contribution in [3.05, 3.63) is 28.2 Å². The van der Waals surface area contributed by atoms with Crippen LogP contribution in [0, 0.1) is 0 Å². The SMILES string of the molecule is CCOc1ccc(Br)cc1[C@@H](N)CC(F)(F)F. The molecule has 96 valence electrons. The van der Waals surface area contributed by atoms with Gasteiger partial charge in [0.15, 0.2) is 0 Å². The zero-order valence-electron chi connectivity index (χ0n) is 9.22. The predicted octanol–water partition coefficient (Wildman–Crippen LogP) is 3.80. The van der Waals surface area contributed by atoms with Gasteiger partial charge >= 0.3 is 6.18 Å². The Hall–Kier alpha value is -0.750. The Balaban J connectivity index is 2.97. The van der Waals surface area contributed by atoms with E-state index in [9.17, 15) is 13.2 Å². The van der Waals surface area contributed by atoms with E-state index in [0.717, 1.165) is 0 Å². The highest BCUT2D eigenvalue weighted by Gasteiger charge is 2.32. The first kappa shape index (κ1) is 14.3. The third kappa shape index (κ3) is 4.55.